The van der Waals surface area contributed by atoms with E-state index in [2.05, 4.69) is 12.1 Å². The molecule has 0 radical (unpaired) electrons. The molecule has 1 amide bonds. The van der Waals surface area contributed by atoms with Crippen LogP contribution in [0.25, 0.3) is 10.8 Å². The molecule has 3 N–H and O–H groups in total. The van der Waals surface area contributed by atoms with Gasteiger partial charge in [0.25, 0.3) is 5.91 Å². The number of carbonyl (C=O) groups is 1. The van der Waals surface area contributed by atoms with Crippen molar-refractivity contribution in [1.82, 2.24) is 4.90 Å². The molecule has 0 aromatic heterocycles. The summed E-state index contributed by atoms with van der Waals surface area (Å²) in [5, 5.41) is 13.1. The van der Waals surface area contributed by atoms with Crippen LogP contribution < -0.4 is 5.73 Å². The zero-order chi connectivity index (χ0) is 19.3. The van der Waals surface area contributed by atoms with Crippen molar-refractivity contribution in [1.29, 1.82) is 0 Å². The fourth-order valence-electron chi connectivity index (χ4n) is 5.09. The van der Waals surface area contributed by atoms with E-state index in [4.69, 9.17) is 5.73 Å². The lowest BCUT2D eigenvalue weighted by Gasteiger charge is -2.42. The van der Waals surface area contributed by atoms with E-state index in [0.29, 0.717) is 13.1 Å². The van der Waals surface area contributed by atoms with E-state index in [9.17, 15) is 9.90 Å². The van der Waals surface area contributed by atoms with E-state index < -0.39 is 6.10 Å². The van der Waals surface area contributed by atoms with Crippen LogP contribution in [-0.4, -0.2) is 35.1 Å². The number of likely N-dealkylation sites (tertiary alicyclic amines) is 1. The van der Waals surface area contributed by atoms with Crippen LogP contribution in [0.5, 0.6) is 0 Å². The molecule has 4 heteroatoms. The number of benzene rings is 3. The molecule has 1 aliphatic carbocycles. The zero-order valence-electron chi connectivity index (χ0n) is 15.7. The van der Waals surface area contributed by atoms with Crippen molar-refractivity contribution in [2.75, 3.05) is 13.1 Å². The van der Waals surface area contributed by atoms with Gasteiger partial charge >= 0.3 is 0 Å². The summed E-state index contributed by atoms with van der Waals surface area (Å²) in [6.07, 6.45) is 0.874. The molecule has 4 nitrogen and oxygen atoms in total. The first-order chi connectivity index (χ1) is 13.6. The molecule has 2 aliphatic rings. The fraction of sp³-hybridized carbons (Fsp3) is 0.292. The minimum atomic E-state index is -0.595. The maximum Gasteiger partial charge on any atom is 0.253 e. The number of nitrogens with zero attached hydrogens (tertiary/aromatic N) is 1. The molecule has 5 rings (SSSR count). The van der Waals surface area contributed by atoms with Crippen molar-refractivity contribution >= 4 is 16.7 Å². The Morgan fingerprint density at radius 3 is 2.43 bits per heavy atom. The first-order valence-electron chi connectivity index (χ1n) is 9.91. The monoisotopic (exact) mass is 372 g/mol. The summed E-state index contributed by atoms with van der Waals surface area (Å²) < 4.78 is 0. The van der Waals surface area contributed by atoms with Gasteiger partial charge < -0.3 is 15.7 Å². The number of amides is 1. The van der Waals surface area contributed by atoms with E-state index >= 15 is 0 Å². The number of aliphatic hydroxyl groups excluding tert-OH is 1. The quantitative estimate of drug-likeness (QED) is 0.688. The molecule has 1 heterocycles. The average molecular weight is 372 g/mol. The zero-order valence-corrected chi connectivity index (χ0v) is 15.7. The van der Waals surface area contributed by atoms with E-state index in [-0.39, 0.29) is 17.4 Å². The molecule has 3 aromatic rings. The lowest BCUT2D eigenvalue weighted by Crippen LogP contribution is -2.50. The molecule has 28 heavy (non-hydrogen) atoms. The molecule has 1 saturated heterocycles. The number of carbonyl (C=O) groups excluding carboxylic acids is 1. The Morgan fingerprint density at radius 2 is 1.64 bits per heavy atom. The van der Waals surface area contributed by atoms with Gasteiger partial charge in [-0.15, -0.1) is 0 Å². The Morgan fingerprint density at radius 1 is 0.964 bits per heavy atom. The van der Waals surface area contributed by atoms with Gasteiger partial charge in [0.1, 0.15) is 0 Å². The summed E-state index contributed by atoms with van der Waals surface area (Å²) in [5.41, 5.74) is 8.89. The summed E-state index contributed by atoms with van der Waals surface area (Å²) in [4.78, 5) is 15.0. The van der Waals surface area contributed by atoms with Crippen molar-refractivity contribution in [2.45, 2.75) is 30.4 Å². The number of hydrogen-bond acceptors (Lipinski definition) is 3. The lowest BCUT2D eigenvalue weighted by molar-refractivity contribution is 0.0262. The van der Waals surface area contributed by atoms with E-state index in [1.807, 2.05) is 59.5 Å². The molecule has 1 fully saturated rings. The normalized spacial score (nSPS) is 23.1. The number of rotatable bonds is 1. The number of piperidine rings is 1. The second kappa shape index (κ2) is 6.43. The van der Waals surface area contributed by atoms with Crippen LogP contribution in [0.3, 0.4) is 0 Å². The topological polar surface area (TPSA) is 66.6 Å². The summed E-state index contributed by atoms with van der Waals surface area (Å²) >= 11 is 0. The Hall–Kier alpha value is -2.69. The number of fused-ring (bicyclic) bond motifs is 3. The SMILES string of the molecule is N[C@@H]1c2ccccc2C2(CCN(C(=O)c3ccc4ccccc4c3)CC2)[C@H]1O. The maximum absolute atomic E-state index is 13.1. The first kappa shape index (κ1) is 17.4. The number of hydrogen-bond donors (Lipinski definition) is 2. The van der Waals surface area contributed by atoms with Gasteiger partial charge in [0.05, 0.1) is 12.1 Å². The van der Waals surface area contributed by atoms with Crippen LogP contribution in [0.15, 0.2) is 66.7 Å². The summed E-state index contributed by atoms with van der Waals surface area (Å²) in [7, 11) is 0. The molecule has 142 valence electrons. The molecule has 1 spiro atoms. The van der Waals surface area contributed by atoms with Crippen molar-refractivity contribution in [3.05, 3.63) is 83.4 Å². The third kappa shape index (κ3) is 2.49. The van der Waals surface area contributed by atoms with Gasteiger partial charge in [-0.05, 0) is 46.9 Å². The molecule has 3 aromatic carbocycles. The van der Waals surface area contributed by atoms with Crippen molar-refractivity contribution < 1.29 is 9.90 Å². The standard InChI is InChI=1S/C24H24N2O2/c25-21-19-7-3-4-8-20(19)24(22(21)27)11-13-26(14-12-24)23(28)18-10-9-16-5-1-2-6-17(16)15-18/h1-10,15,21-22,27H,11-14,25H2/t21-,22+/m1/s1. The Kier molecular flexibility index (Phi) is 4.00. The third-order valence-electron chi connectivity index (χ3n) is 6.70. The molecular formula is C24H24N2O2. The highest BCUT2D eigenvalue weighted by atomic mass is 16.3. The largest absolute Gasteiger partial charge is 0.390 e. The smallest absolute Gasteiger partial charge is 0.253 e. The van der Waals surface area contributed by atoms with Gasteiger partial charge in [0, 0.05) is 24.1 Å². The van der Waals surface area contributed by atoms with Crippen LogP contribution in [0.1, 0.15) is 40.4 Å². The van der Waals surface area contributed by atoms with E-state index in [0.717, 1.165) is 40.3 Å². The molecule has 1 aliphatic heterocycles. The van der Waals surface area contributed by atoms with Crippen LogP contribution in [-0.2, 0) is 5.41 Å². The van der Waals surface area contributed by atoms with Crippen molar-refractivity contribution in [3.63, 3.8) is 0 Å². The minimum absolute atomic E-state index is 0.0608. The van der Waals surface area contributed by atoms with Crippen LogP contribution in [0.4, 0.5) is 0 Å². The van der Waals surface area contributed by atoms with Crippen molar-refractivity contribution in [2.24, 2.45) is 5.73 Å². The summed E-state index contributed by atoms with van der Waals surface area (Å²) in [5.74, 6) is 0.0608. The van der Waals surface area contributed by atoms with Crippen LogP contribution >= 0.6 is 0 Å². The van der Waals surface area contributed by atoms with Gasteiger partial charge in [-0.25, -0.2) is 0 Å². The predicted octanol–water partition coefficient (Wildman–Crippen LogP) is 3.39. The van der Waals surface area contributed by atoms with Gasteiger partial charge in [-0.3, -0.25) is 4.79 Å². The molecule has 0 bridgehead atoms. The first-order valence-corrected chi connectivity index (χ1v) is 9.91. The van der Waals surface area contributed by atoms with Crippen LogP contribution in [0.2, 0.25) is 0 Å². The summed E-state index contributed by atoms with van der Waals surface area (Å²) in [6.45, 7) is 1.26. The third-order valence-corrected chi connectivity index (χ3v) is 6.70. The highest BCUT2D eigenvalue weighted by Gasteiger charge is 2.51. The van der Waals surface area contributed by atoms with Gasteiger partial charge in [0.15, 0.2) is 0 Å². The molecular weight excluding hydrogens is 348 g/mol. The van der Waals surface area contributed by atoms with Crippen LogP contribution in [0, 0.1) is 0 Å². The highest BCUT2D eigenvalue weighted by molar-refractivity contribution is 5.98. The average Bonchev–Trinajstić information content (AvgIpc) is 2.96. The van der Waals surface area contributed by atoms with E-state index in [1.54, 1.807) is 0 Å². The molecule has 2 atom stereocenters. The molecule has 0 saturated carbocycles. The molecule has 0 unspecified atom stereocenters. The number of nitrogens with two attached hydrogens (primary N) is 1. The summed E-state index contributed by atoms with van der Waals surface area (Å²) in [6, 6.07) is 21.7. The minimum Gasteiger partial charge on any atom is -0.390 e. The van der Waals surface area contributed by atoms with Gasteiger partial charge in [-0.2, -0.15) is 0 Å². The Labute approximate surface area is 164 Å². The highest BCUT2D eigenvalue weighted by Crippen LogP contribution is 2.50. The van der Waals surface area contributed by atoms with Gasteiger partial charge in [-0.1, -0.05) is 54.6 Å². The predicted molar refractivity (Wildman–Crippen MR) is 110 cm³/mol. The second-order valence-corrected chi connectivity index (χ2v) is 8.07. The van der Waals surface area contributed by atoms with Gasteiger partial charge in [0.2, 0.25) is 0 Å². The Bertz CT molecular complexity index is 1050. The van der Waals surface area contributed by atoms with Crippen molar-refractivity contribution in [3.8, 4) is 0 Å². The lowest BCUT2D eigenvalue weighted by atomic mass is 9.72. The number of aliphatic hydroxyl groups is 1. The Balaban J connectivity index is 1.39. The fourth-order valence-corrected chi connectivity index (χ4v) is 5.09. The van der Waals surface area contributed by atoms with E-state index in [1.165, 1.54) is 0 Å². The second-order valence-electron chi connectivity index (χ2n) is 8.07. The maximum atomic E-state index is 13.1.